The van der Waals surface area contributed by atoms with E-state index in [1.807, 2.05) is 23.1 Å². The number of hydrogen-bond donors (Lipinski definition) is 1. The summed E-state index contributed by atoms with van der Waals surface area (Å²) < 4.78 is 3.27. The molecular formula is C29H31N3O2S. The van der Waals surface area contributed by atoms with Crippen LogP contribution in [0.1, 0.15) is 45.6 Å². The quantitative estimate of drug-likeness (QED) is 0.390. The van der Waals surface area contributed by atoms with Crippen molar-refractivity contribution >= 4 is 33.4 Å². The summed E-state index contributed by atoms with van der Waals surface area (Å²) in [5.41, 5.74) is 6.55. The van der Waals surface area contributed by atoms with Gasteiger partial charge in [-0.15, -0.1) is 11.3 Å². The van der Waals surface area contributed by atoms with Crippen LogP contribution in [0, 0.1) is 19.8 Å². The molecule has 5 nitrogen and oxygen atoms in total. The Morgan fingerprint density at radius 1 is 0.914 bits per heavy atom. The first-order valence-electron chi connectivity index (χ1n) is 12.2. The first kappa shape index (κ1) is 23.4. The average Bonchev–Trinajstić information content (AvgIpc) is 3.47. The first-order valence-corrected chi connectivity index (χ1v) is 13.1. The van der Waals surface area contributed by atoms with E-state index in [4.69, 9.17) is 0 Å². The molecule has 180 valence electrons. The SMILES string of the molecule is Cc1ccc(CNC(=O)C2CCN(C(=O)c3cc4sccc4n3Cc3ccc(C)cc3)CC2)cc1. The van der Waals surface area contributed by atoms with Gasteiger partial charge in [0.2, 0.25) is 5.91 Å². The number of benzene rings is 2. The number of thiophene rings is 1. The Labute approximate surface area is 210 Å². The molecule has 2 aromatic heterocycles. The number of aryl methyl sites for hydroxylation is 2. The molecule has 1 aliphatic rings. The highest BCUT2D eigenvalue weighted by Crippen LogP contribution is 2.28. The number of amides is 2. The van der Waals surface area contributed by atoms with E-state index in [1.165, 1.54) is 16.7 Å². The summed E-state index contributed by atoms with van der Waals surface area (Å²) in [6, 6.07) is 20.8. The van der Waals surface area contributed by atoms with Crippen LogP contribution in [0.15, 0.2) is 66.0 Å². The molecule has 3 heterocycles. The standard InChI is InChI=1S/C29H31N3O2S/c1-20-3-7-22(8-4-20)18-30-28(33)24-11-14-31(15-12-24)29(34)26-17-27-25(13-16-35-27)32(26)19-23-9-5-21(2)6-10-23/h3-10,13,16-17,24H,11-12,14-15,18-19H2,1-2H3,(H,30,33). The second-order valence-electron chi connectivity index (χ2n) is 9.54. The predicted octanol–water partition coefficient (Wildman–Crippen LogP) is 5.54. The van der Waals surface area contributed by atoms with Crippen LogP contribution in [0.25, 0.3) is 10.2 Å². The minimum Gasteiger partial charge on any atom is -0.352 e. The second kappa shape index (κ2) is 10.1. The van der Waals surface area contributed by atoms with Gasteiger partial charge in [0.15, 0.2) is 0 Å². The molecule has 0 unspecified atom stereocenters. The fraction of sp³-hybridized carbons (Fsp3) is 0.310. The molecule has 0 spiro atoms. The van der Waals surface area contributed by atoms with Crippen LogP contribution in [0.4, 0.5) is 0 Å². The molecular weight excluding hydrogens is 454 g/mol. The number of likely N-dealkylation sites (tertiary alicyclic amines) is 1. The Balaban J connectivity index is 1.23. The van der Waals surface area contributed by atoms with Gasteiger partial charge in [-0.2, -0.15) is 0 Å². The van der Waals surface area contributed by atoms with Gasteiger partial charge in [0.1, 0.15) is 5.69 Å². The number of nitrogens with zero attached hydrogens (tertiary/aromatic N) is 2. The zero-order valence-corrected chi connectivity index (χ0v) is 21.1. The summed E-state index contributed by atoms with van der Waals surface area (Å²) in [7, 11) is 0. The van der Waals surface area contributed by atoms with Crippen molar-refractivity contribution in [3.8, 4) is 0 Å². The summed E-state index contributed by atoms with van der Waals surface area (Å²) in [5, 5.41) is 5.15. The van der Waals surface area contributed by atoms with Crippen molar-refractivity contribution in [3.63, 3.8) is 0 Å². The summed E-state index contributed by atoms with van der Waals surface area (Å²) in [5.74, 6) is 0.0901. The smallest absolute Gasteiger partial charge is 0.270 e. The predicted molar refractivity (Wildman–Crippen MR) is 142 cm³/mol. The molecule has 6 heteroatoms. The molecule has 0 radical (unpaired) electrons. The van der Waals surface area contributed by atoms with E-state index in [0.717, 1.165) is 21.5 Å². The summed E-state index contributed by atoms with van der Waals surface area (Å²) in [6.45, 7) is 6.55. The number of nitrogens with one attached hydrogen (secondary N) is 1. The number of carbonyl (C=O) groups is 2. The van der Waals surface area contributed by atoms with Crippen LogP contribution in [-0.4, -0.2) is 34.4 Å². The summed E-state index contributed by atoms with van der Waals surface area (Å²) in [6.07, 6.45) is 1.39. The lowest BCUT2D eigenvalue weighted by atomic mass is 9.95. The number of aromatic nitrogens is 1. The molecule has 1 fully saturated rings. The number of carbonyl (C=O) groups excluding carboxylic acids is 2. The molecule has 2 amide bonds. The lowest BCUT2D eigenvalue weighted by Crippen LogP contribution is -2.43. The highest BCUT2D eigenvalue weighted by Gasteiger charge is 2.29. The Bertz CT molecular complexity index is 1330. The molecule has 1 saturated heterocycles. The largest absolute Gasteiger partial charge is 0.352 e. The van der Waals surface area contributed by atoms with Crippen molar-refractivity contribution in [1.82, 2.24) is 14.8 Å². The lowest BCUT2D eigenvalue weighted by Gasteiger charge is -2.31. The molecule has 35 heavy (non-hydrogen) atoms. The maximum Gasteiger partial charge on any atom is 0.270 e. The molecule has 0 atom stereocenters. The number of hydrogen-bond acceptors (Lipinski definition) is 3. The van der Waals surface area contributed by atoms with Gasteiger partial charge >= 0.3 is 0 Å². The van der Waals surface area contributed by atoms with Gasteiger partial charge in [-0.05, 0) is 55.3 Å². The molecule has 1 aliphatic heterocycles. The van der Waals surface area contributed by atoms with Crippen LogP contribution < -0.4 is 5.32 Å². The number of fused-ring (bicyclic) bond motifs is 1. The van der Waals surface area contributed by atoms with Crippen molar-refractivity contribution in [2.75, 3.05) is 13.1 Å². The minimum absolute atomic E-state index is 0.0488. The van der Waals surface area contributed by atoms with E-state index < -0.39 is 0 Å². The van der Waals surface area contributed by atoms with Gasteiger partial charge in [-0.25, -0.2) is 0 Å². The van der Waals surface area contributed by atoms with Gasteiger partial charge < -0.3 is 14.8 Å². The molecule has 1 N–H and O–H groups in total. The third-order valence-electron chi connectivity index (χ3n) is 6.94. The van der Waals surface area contributed by atoms with Crippen LogP contribution in [-0.2, 0) is 17.9 Å². The third-order valence-corrected chi connectivity index (χ3v) is 7.80. The fourth-order valence-corrected chi connectivity index (χ4v) is 5.57. The average molecular weight is 486 g/mol. The maximum atomic E-state index is 13.6. The van der Waals surface area contributed by atoms with Gasteiger partial charge in [0.05, 0.1) is 10.2 Å². The lowest BCUT2D eigenvalue weighted by molar-refractivity contribution is -0.126. The van der Waals surface area contributed by atoms with Crippen LogP contribution in [0.5, 0.6) is 0 Å². The molecule has 4 aromatic rings. The molecule has 5 rings (SSSR count). The van der Waals surface area contributed by atoms with E-state index >= 15 is 0 Å². The van der Waals surface area contributed by atoms with Gasteiger partial charge in [0, 0.05) is 32.1 Å². The first-order chi connectivity index (χ1) is 17.0. The number of piperidine rings is 1. The van der Waals surface area contributed by atoms with Crippen LogP contribution in [0.3, 0.4) is 0 Å². The molecule has 0 bridgehead atoms. The Kier molecular flexibility index (Phi) is 6.73. The van der Waals surface area contributed by atoms with Crippen molar-refractivity contribution in [3.05, 3.63) is 94.0 Å². The zero-order chi connectivity index (χ0) is 24.4. The van der Waals surface area contributed by atoms with E-state index in [-0.39, 0.29) is 17.7 Å². The van der Waals surface area contributed by atoms with E-state index in [9.17, 15) is 9.59 Å². The summed E-state index contributed by atoms with van der Waals surface area (Å²) >= 11 is 1.66. The highest BCUT2D eigenvalue weighted by atomic mass is 32.1. The van der Waals surface area contributed by atoms with E-state index in [0.29, 0.717) is 39.0 Å². The van der Waals surface area contributed by atoms with Crippen LogP contribution in [0.2, 0.25) is 0 Å². The van der Waals surface area contributed by atoms with E-state index in [1.54, 1.807) is 11.3 Å². The Hall–Kier alpha value is -3.38. The van der Waals surface area contributed by atoms with Gasteiger partial charge in [-0.3, -0.25) is 9.59 Å². The molecule has 0 aliphatic carbocycles. The monoisotopic (exact) mass is 485 g/mol. The summed E-state index contributed by atoms with van der Waals surface area (Å²) in [4.78, 5) is 28.2. The Morgan fingerprint density at radius 2 is 1.54 bits per heavy atom. The van der Waals surface area contributed by atoms with Crippen LogP contribution >= 0.6 is 11.3 Å². The van der Waals surface area contributed by atoms with E-state index in [2.05, 4.69) is 71.6 Å². The van der Waals surface area contributed by atoms with Gasteiger partial charge in [-0.1, -0.05) is 59.7 Å². The maximum absolute atomic E-state index is 13.6. The van der Waals surface area contributed by atoms with Crippen molar-refractivity contribution < 1.29 is 9.59 Å². The van der Waals surface area contributed by atoms with Crippen molar-refractivity contribution in [2.24, 2.45) is 5.92 Å². The Morgan fingerprint density at radius 3 is 2.20 bits per heavy atom. The second-order valence-corrected chi connectivity index (χ2v) is 10.5. The fourth-order valence-electron chi connectivity index (χ4n) is 4.75. The topological polar surface area (TPSA) is 54.3 Å². The number of rotatable bonds is 6. The zero-order valence-electron chi connectivity index (χ0n) is 20.3. The van der Waals surface area contributed by atoms with Crippen molar-refractivity contribution in [2.45, 2.75) is 39.8 Å². The minimum atomic E-state index is -0.0488. The van der Waals surface area contributed by atoms with Crippen molar-refractivity contribution in [1.29, 1.82) is 0 Å². The molecule has 0 saturated carbocycles. The third kappa shape index (κ3) is 5.17. The molecule has 2 aromatic carbocycles. The van der Waals surface area contributed by atoms with Gasteiger partial charge in [0.25, 0.3) is 5.91 Å². The highest BCUT2D eigenvalue weighted by molar-refractivity contribution is 7.17. The normalized spacial score (nSPS) is 14.4.